The normalized spacial score (nSPS) is 23.1. The van der Waals surface area contributed by atoms with E-state index >= 15 is 0 Å². The molecule has 0 saturated heterocycles. The van der Waals surface area contributed by atoms with Crippen LogP contribution in [-0.4, -0.2) is 22.1 Å². The van der Waals surface area contributed by atoms with Crippen molar-refractivity contribution < 1.29 is 9.90 Å². The van der Waals surface area contributed by atoms with E-state index in [0.717, 1.165) is 19.3 Å². The molecule has 5 nitrogen and oxygen atoms in total. The van der Waals surface area contributed by atoms with Gasteiger partial charge in [-0.15, -0.1) is 0 Å². The first kappa shape index (κ1) is 12.4. The summed E-state index contributed by atoms with van der Waals surface area (Å²) in [6.45, 7) is 0. The summed E-state index contributed by atoms with van der Waals surface area (Å²) in [4.78, 5) is 15.3. The Bertz CT molecular complexity index is 481. The van der Waals surface area contributed by atoms with Crippen molar-refractivity contribution >= 4 is 11.8 Å². The number of nitriles is 1. The highest BCUT2D eigenvalue weighted by Crippen LogP contribution is 2.27. The lowest BCUT2D eigenvalue weighted by Gasteiger charge is -2.29. The average molecular weight is 245 g/mol. The predicted octanol–water partition coefficient (Wildman–Crippen LogP) is 2.01. The van der Waals surface area contributed by atoms with Crippen LogP contribution in [0.4, 0.5) is 5.82 Å². The first-order valence-corrected chi connectivity index (χ1v) is 6.06. The van der Waals surface area contributed by atoms with E-state index in [2.05, 4.69) is 10.3 Å². The Hall–Kier alpha value is -2.09. The van der Waals surface area contributed by atoms with E-state index in [-0.39, 0.29) is 12.0 Å². The Labute approximate surface area is 105 Å². The van der Waals surface area contributed by atoms with E-state index in [1.54, 1.807) is 18.3 Å². The van der Waals surface area contributed by atoms with Crippen molar-refractivity contribution in [3.63, 3.8) is 0 Å². The van der Waals surface area contributed by atoms with Crippen LogP contribution < -0.4 is 5.32 Å². The molecule has 0 radical (unpaired) electrons. The van der Waals surface area contributed by atoms with Crippen LogP contribution in [0.1, 0.15) is 31.2 Å². The van der Waals surface area contributed by atoms with Crippen molar-refractivity contribution in [2.75, 3.05) is 5.32 Å². The number of aliphatic carboxylic acids is 1. The van der Waals surface area contributed by atoms with Crippen molar-refractivity contribution in [1.82, 2.24) is 4.98 Å². The van der Waals surface area contributed by atoms with Gasteiger partial charge < -0.3 is 10.4 Å². The van der Waals surface area contributed by atoms with Crippen LogP contribution >= 0.6 is 0 Å². The maximum atomic E-state index is 11.2. The third kappa shape index (κ3) is 2.77. The second kappa shape index (κ2) is 5.50. The van der Waals surface area contributed by atoms with Crippen molar-refractivity contribution in [2.45, 2.75) is 31.7 Å². The fourth-order valence-corrected chi connectivity index (χ4v) is 2.37. The van der Waals surface area contributed by atoms with Crippen molar-refractivity contribution in [3.8, 4) is 6.07 Å². The van der Waals surface area contributed by atoms with Crippen LogP contribution in [0.15, 0.2) is 18.3 Å². The third-order valence-electron chi connectivity index (χ3n) is 3.31. The topological polar surface area (TPSA) is 86.0 Å². The van der Waals surface area contributed by atoms with E-state index in [9.17, 15) is 9.90 Å². The molecular formula is C13H15N3O2. The molecule has 1 aromatic heterocycles. The van der Waals surface area contributed by atoms with Crippen LogP contribution in [-0.2, 0) is 4.79 Å². The second-order valence-corrected chi connectivity index (χ2v) is 4.52. The summed E-state index contributed by atoms with van der Waals surface area (Å²) in [6, 6.07) is 5.21. The van der Waals surface area contributed by atoms with Gasteiger partial charge in [-0.3, -0.25) is 4.79 Å². The molecule has 2 atom stereocenters. The number of rotatable bonds is 3. The first-order chi connectivity index (χ1) is 8.70. The van der Waals surface area contributed by atoms with E-state index in [1.165, 1.54) is 0 Å². The molecule has 0 aliphatic heterocycles. The smallest absolute Gasteiger partial charge is 0.308 e. The van der Waals surface area contributed by atoms with E-state index < -0.39 is 5.97 Å². The highest BCUT2D eigenvalue weighted by atomic mass is 16.4. The highest BCUT2D eigenvalue weighted by molar-refractivity contribution is 5.71. The molecule has 0 amide bonds. The zero-order valence-electron chi connectivity index (χ0n) is 9.97. The van der Waals surface area contributed by atoms with Crippen LogP contribution in [0.2, 0.25) is 0 Å². The Morgan fingerprint density at radius 3 is 3.00 bits per heavy atom. The Morgan fingerprint density at radius 1 is 1.50 bits per heavy atom. The molecule has 1 aromatic rings. The third-order valence-corrected chi connectivity index (χ3v) is 3.31. The highest BCUT2D eigenvalue weighted by Gasteiger charge is 2.30. The van der Waals surface area contributed by atoms with Gasteiger partial charge in [-0.25, -0.2) is 4.98 Å². The SMILES string of the molecule is N#Cc1ccnc(NC2CCCCC2C(=O)O)c1. The van der Waals surface area contributed by atoms with E-state index in [1.807, 2.05) is 6.07 Å². The standard InChI is InChI=1S/C13H15N3O2/c14-8-9-5-6-15-12(7-9)16-11-4-2-1-3-10(11)13(17)18/h5-7,10-11H,1-4H2,(H,15,16)(H,17,18). The molecule has 1 heterocycles. The van der Waals surface area contributed by atoms with Gasteiger partial charge in [-0.05, 0) is 25.0 Å². The Kier molecular flexibility index (Phi) is 3.78. The van der Waals surface area contributed by atoms with Crippen LogP contribution in [0, 0.1) is 17.2 Å². The van der Waals surface area contributed by atoms with Crippen molar-refractivity contribution in [1.29, 1.82) is 5.26 Å². The fraction of sp³-hybridized carbons (Fsp3) is 0.462. The van der Waals surface area contributed by atoms with Crippen molar-refractivity contribution in [3.05, 3.63) is 23.9 Å². The number of aromatic nitrogens is 1. The number of carbonyl (C=O) groups is 1. The van der Waals surface area contributed by atoms with Crippen LogP contribution in [0.5, 0.6) is 0 Å². The summed E-state index contributed by atoms with van der Waals surface area (Å²) in [5, 5.41) is 21.1. The Balaban J connectivity index is 2.11. The number of carboxylic acid groups (broad SMARTS) is 1. The summed E-state index contributed by atoms with van der Waals surface area (Å²) in [5.41, 5.74) is 0.523. The minimum atomic E-state index is -0.761. The Morgan fingerprint density at radius 2 is 2.28 bits per heavy atom. The van der Waals surface area contributed by atoms with Crippen LogP contribution in [0.3, 0.4) is 0 Å². The molecular weight excluding hydrogens is 230 g/mol. The number of carboxylic acids is 1. The molecule has 1 aliphatic carbocycles. The molecule has 1 aliphatic rings. The van der Waals surface area contributed by atoms with Gasteiger partial charge in [-0.2, -0.15) is 5.26 Å². The van der Waals surface area contributed by atoms with Gasteiger partial charge in [-0.1, -0.05) is 12.8 Å². The molecule has 18 heavy (non-hydrogen) atoms. The number of nitrogens with one attached hydrogen (secondary N) is 1. The van der Waals surface area contributed by atoms with E-state index in [4.69, 9.17) is 5.26 Å². The maximum absolute atomic E-state index is 11.2. The average Bonchev–Trinajstić information content (AvgIpc) is 2.39. The second-order valence-electron chi connectivity index (χ2n) is 4.52. The monoisotopic (exact) mass is 245 g/mol. The van der Waals surface area contributed by atoms with Gasteiger partial charge >= 0.3 is 5.97 Å². The summed E-state index contributed by atoms with van der Waals surface area (Å²) >= 11 is 0. The quantitative estimate of drug-likeness (QED) is 0.850. The molecule has 1 saturated carbocycles. The fourth-order valence-electron chi connectivity index (χ4n) is 2.37. The lowest BCUT2D eigenvalue weighted by molar-refractivity contribution is -0.143. The van der Waals surface area contributed by atoms with E-state index in [0.29, 0.717) is 17.8 Å². The van der Waals surface area contributed by atoms with Crippen LogP contribution in [0.25, 0.3) is 0 Å². The van der Waals surface area contributed by atoms with Gasteiger partial charge in [0, 0.05) is 12.2 Å². The van der Waals surface area contributed by atoms with Crippen molar-refractivity contribution in [2.24, 2.45) is 5.92 Å². The van der Waals surface area contributed by atoms with Gasteiger partial charge in [0.1, 0.15) is 5.82 Å². The number of pyridine rings is 1. The van der Waals surface area contributed by atoms with Gasteiger partial charge in [0.25, 0.3) is 0 Å². The molecule has 2 rings (SSSR count). The summed E-state index contributed by atoms with van der Waals surface area (Å²) < 4.78 is 0. The predicted molar refractivity (Wildman–Crippen MR) is 66.0 cm³/mol. The summed E-state index contributed by atoms with van der Waals surface area (Å²) in [5.74, 6) is -0.554. The maximum Gasteiger partial charge on any atom is 0.308 e. The molecule has 0 bridgehead atoms. The molecule has 2 unspecified atom stereocenters. The molecule has 0 aromatic carbocycles. The molecule has 2 N–H and O–H groups in total. The molecule has 0 spiro atoms. The van der Waals surface area contributed by atoms with Gasteiger partial charge in [0.05, 0.1) is 17.6 Å². The lowest BCUT2D eigenvalue weighted by Crippen LogP contribution is -2.37. The number of nitrogens with zero attached hydrogens (tertiary/aromatic N) is 2. The number of anilines is 1. The first-order valence-electron chi connectivity index (χ1n) is 6.06. The van der Waals surface area contributed by atoms with Gasteiger partial charge in [0.15, 0.2) is 0 Å². The molecule has 1 fully saturated rings. The zero-order valence-corrected chi connectivity index (χ0v) is 9.97. The minimum absolute atomic E-state index is 0.0994. The number of hydrogen-bond donors (Lipinski definition) is 2. The number of hydrogen-bond acceptors (Lipinski definition) is 4. The zero-order chi connectivity index (χ0) is 13.0. The minimum Gasteiger partial charge on any atom is -0.481 e. The summed E-state index contributed by atoms with van der Waals surface area (Å²) in [6.07, 6.45) is 5.07. The van der Waals surface area contributed by atoms with Gasteiger partial charge in [0.2, 0.25) is 0 Å². The lowest BCUT2D eigenvalue weighted by atomic mass is 9.84. The molecule has 5 heteroatoms. The molecule has 94 valence electrons. The largest absolute Gasteiger partial charge is 0.481 e. The summed E-state index contributed by atoms with van der Waals surface area (Å²) in [7, 11) is 0.